The molecule has 0 spiro atoms. The minimum Gasteiger partial charge on any atom is -0.479 e. The molecule has 0 radical (unpaired) electrons. The van der Waals surface area contributed by atoms with E-state index < -0.39 is 12.1 Å². The first-order valence-corrected chi connectivity index (χ1v) is 7.22. The summed E-state index contributed by atoms with van der Waals surface area (Å²) in [6.45, 7) is 1.57. The van der Waals surface area contributed by atoms with Gasteiger partial charge in [0, 0.05) is 22.4 Å². The van der Waals surface area contributed by atoms with Gasteiger partial charge in [-0.15, -0.1) is 0 Å². The Morgan fingerprint density at radius 1 is 1.23 bits per heavy atom. The average molecular weight is 364 g/mol. The molecule has 1 aromatic carbocycles. The van der Waals surface area contributed by atoms with Gasteiger partial charge in [-0.2, -0.15) is 0 Å². The number of carbonyl (C=O) groups excluding carboxylic acids is 1. The molecule has 1 atom stereocenters. The Balaban J connectivity index is 1.92. The zero-order valence-corrected chi connectivity index (χ0v) is 13.4. The molecule has 0 amide bonds. The molecule has 0 saturated heterocycles. The molecule has 2 N–H and O–H groups in total. The van der Waals surface area contributed by atoms with E-state index in [0.717, 1.165) is 4.47 Å². The quantitative estimate of drug-likeness (QED) is 0.381. The molecule has 0 fully saturated rings. The van der Waals surface area contributed by atoms with Crippen LogP contribution in [0.1, 0.15) is 12.5 Å². The zero-order chi connectivity index (χ0) is 15.9. The van der Waals surface area contributed by atoms with Gasteiger partial charge < -0.3 is 15.3 Å². The maximum absolute atomic E-state index is 11.8. The first-order valence-electron chi connectivity index (χ1n) is 6.43. The number of aromatic nitrogens is 1. The Kier molecular flexibility index (Phi) is 5.48. The molecule has 0 bridgehead atoms. The Hall–Kier alpha value is -2.41. The smallest absolute Gasteiger partial charge is 0.374 e. The van der Waals surface area contributed by atoms with Gasteiger partial charge in [-0.3, -0.25) is 4.98 Å². The summed E-state index contributed by atoms with van der Waals surface area (Å²) in [6.07, 6.45) is 2.33. The van der Waals surface area contributed by atoms with Gasteiger partial charge in [-0.1, -0.05) is 21.1 Å². The van der Waals surface area contributed by atoms with Crippen molar-refractivity contribution in [1.82, 2.24) is 4.98 Å². The molecule has 2 rings (SSSR count). The maximum atomic E-state index is 11.8. The molecule has 0 aliphatic carbocycles. The van der Waals surface area contributed by atoms with Crippen molar-refractivity contribution >= 4 is 27.7 Å². The molecule has 22 heavy (non-hydrogen) atoms. The molecular weight excluding hydrogens is 350 g/mol. The number of nitrogens with two attached hydrogens (primary N) is 1. The minimum atomic E-state index is -0.810. The van der Waals surface area contributed by atoms with Crippen molar-refractivity contribution in [3.8, 4) is 5.75 Å². The number of nitrogens with zero attached hydrogens (tertiary/aromatic N) is 2. The van der Waals surface area contributed by atoms with Crippen molar-refractivity contribution in [2.45, 2.75) is 13.0 Å². The van der Waals surface area contributed by atoms with Gasteiger partial charge in [-0.25, -0.2) is 4.79 Å². The summed E-state index contributed by atoms with van der Waals surface area (Å²) < 4.78 is 6.37. The second-order valence-electron chi connectivity index (χ2n) is 4.34. The monoisotopic (exact) mass is 363 g/mol. The van der Waals surface area contributed by atoms with E-state index in [2.05, 4.69) is 26.1 Å². The summed E-state index contributed by atoms with van der Waals surface area (Å²) >= 11 is 3.32. The highest BCUT2D eigenvalue weighted by Gasteiger charge is 2.17. The zero-order valence-electron chi connectivity index (χ0n) is 11.8. The molecule has 0 unspecified atom stereocenters. The molecule has 0 aliphatic heterocycles. The number of oxime groups is 1. The van der Waals surface area contributed by atoms with Crippen LogP contribution < -0.4 is 10.5 Å². The Bertz CT molecular complexity index is 659. The van der Waals surface area contributed by atoms with Gasteiger partial charge in [0.05, 0.1) is 0 Å². The van der Waals surface area contributed by atoms with Gasteiger partial charge in [0.2, 0.25) is 0 Å². The largest absolute Gasteiger partial charge is 0.479 e. The van der Waals surface area contributed by atoms with Crippen LogP contribution in [-0.2, 0) is 9.63 Å². The lowest BCUT2D eigenvalue weighted by atomic mass is 10.2. The second kappa shape index (κ2) is 7.56. The fourth-order valence-electron chi connectivity index (χ4n) is 1.51. The number of pyridine rings is 1. The van der Waals surface area contributed by atoms with Crippen molar-refractivity contribution in [1.29, 1.82) is 0 Å². The lowest BCUT2D eigenvalue weighted by Crippen LogP contribution is -2.26. The minimum absolute atomic E-state index is 0.0894. The SMILES string of the molecule is C[C@@H](Oc1ccc(Br)cc1)C(=O)O/N=C(/N)c1ccncc1. The van der Waals surface area contributed by atoms with E-state index in [9.17, 15) is 4.79 Å². The summed E-state index contributed by atoms with van der Waals surface area (Å²) in [5.74, 6) is 0.00486. The van der Waals surface area contributed by atoms with Crippen molar-refractivity contribution < 1.29 is 14.4 Å². The lowest BCUT2D eigenvalue weighted by Gasteiger charge is -2.11. The Morgan fingerprint density at radius 2 is 1.86 bits per heavy atom. The van der Waals surface area contributed by atoms with E-state index >= 15 is 0 Å². The highest BCUT2D eigenvalue weighted by molar-refractivity contribution is 9.10. The summed E-state index contributed by atoms with van der Waals surface area (Å²) in [7, 11) is 0. The van der Waals surface area contributed by atoms with Gasteiger partial charge in [0.1, 0.15) is 5.75 Å². The fourth-order valence-corrected chi connectivity index (χ4v) is 1.77. The third kappa shape index (κ3) is 4.56. The van der Waals surface area contributed by atoms with Crippen LogP contribution in [0, 0.1) is 0 Å². The van der Waals surface area contributed by atoms with Gasteiger partial charge in [-0.05, 0) is 43.3 Å². The van der Waals surface area contributed by atoms with E-state index in [0.29, 0.717) is 11.3 Å². The topological polar surface area (TPSA) is 86.8 Å². The molecule has 0 saturated carbocycles. The third-order valence-corrected chi connectivity index (χ3v) is 3.20. The van der Waals surface area contributed by atoms with Crippen LogP contribution in [0.15, 0.2) is 58.4 Å². The van der Waals surface area contributed by atoms with Crippen molar-refractivity contribution in [2.75, 3.05) is 0 Å². The van der Waals surface area contributed by atoms with Crippen LogP contribution in [0.3, 0.4) is 0 Å². The van der Waals surface area contributed by atoms with E-state index in [1.807, 2.05) is 12.1 Å². The number of hydrogen-bond donors (Lipinski definition) is 1. The number of carbonyl (C=O) groups is 1. The van der Waals surface area contributed by atoms with E-state index in [-0.39, 0.29) is 5.84 Å². The fraction of sp³-hybridized carbons (Fsp3) is 0.133. The van der Waals surface area contributed by atoms with Crippen LogP contribution in [0.25, 0.3) is 0 Å². The third-order valence-electron chi connectivity index (χ3n) is 2.67. The standard InChI is InChI=1S/C15H14BrN3O3/c1-10(21-13-4-2-12(16)3-5-13)15(20)22-19-14(17)11-6-8-18-9-7-11/h2-10H,1H3,(H2,17,19)/t10-/m1/s1. The van der Waals surface area contributed by atoms with E-state index in [1.54, 1.807) is 43.6 Å². The number of ether oxygens (including phenoxy) is 1. The van der Waals surface area contributed by atoms with Crippen LogP contribution in [0.4, 0.5) is 0 Å². The molecule has 7 heteroatoms. The number of rotatable bonds is 5. The maximum Gasteiger partial charge on any atom is 0.374 e. The summed E-state index contributed by atoms with van der Waals surface area (Å²) in [4.78, 5) is 20.5. The second-order valence-corrected chi connectivity index (χ2v) is 5.25. The van der Waals surface area contributed by atoms with Gasteiger partial charge in [0.15, 0.2) is 11.9 Å². The van der Waals surface area contributed by atoms with E-state index in [4.69, 9.17) is 15.3 Å². The normalized spacial score (nSPS) is 12.5. The van der Waals surface area contributed by atoms with Gasteiger partial charge in [0.25, 0.3) is 0 Å². The molecule has 114 valence electrons. The first-order chi connectivity index (χ1) is 10.6. The lowest BCUT2D eigenvalue weighted by molar-refractivity contribution is -0.151. The molecule has 1 heterocycles. The molecular formula is C15H14BrN3O3. The summed E-state index contributed by atoms with van der Waals surface area (Å²) in [6, 6.07) is 10.4. The number of benzene rings is 1. The highest BCUT2D eigenvalue weighted by Crippen LogP contribution is 2.17. The molecule has 0 aliphatic rings. The first kappa shape index (κ1) is 16.0. The molecule has 1 aromatic heterocycles. The molecule has 6 nitrogen and oxygen atoms in total. The van der Waals surface area contributed by atoms with E-state index in [1.165, 1.54) is 0 Å². The summed E-state index contributed by atoms with van der Waals surface area (Å²) in [5.41, 5.74) is 6.33. The van der Waals surface area contributed by atoms with Crippen LogP contribution >= 0.6 is 15.9 Å². The van der Waals surface area contributed by atoms with Crippen molar-refractivity contribution in [3.05, 3.63) is 58.8 Å². The average Bonchev–Trinajstić information content (AvgIpc) is 2.55. The number of halogens is 1. The molecule has 2 aromatic rings. The predicted molar refractivity (Wildman–Crippen MR) is 85.3 cm³/mol. The highest BCUT2D eigenvalue weighted by atomic mass is 79.9. The van der Waals surface area contributed by atoms with Crippen molar-refractivity contribution in [3.63, 3.8) is 0 Å². The van der Waals surface area contributed by atoms with Gasteiger partial charge >= 0.3 is 5.97 Å². The van der Waals surface area contributed by atoms with Crippen LogP contribution in [0.5, 0.6) is 5.75 Å². The predicted octanol–water partition coefficient (Wildman–Crippen LogP) is 2.48. The number of amidine groups is 1. The van der Waals surface area contributed by atoms with Crippen LogP contribution in [-0.4, -0.2) is 22.9 Å². The number of hydrogen-bond acceptors (Lipinski definition) is 5. The van der Waals surface area contributed by atoms with Crippen LogP contribution in [0.2, 0.25) is 0 Å². The van der Waals surface area contributed by atoms with Crippen molar-refractivity contribution in [2.24, 2.45) is 10.9 Å². The summed E-state index contributed by atoms with van der Waals surface area (Å²) in [5, 5.41) is 3.60. The Labute approximate surface area is 136 Å². The Morgan fingerprint density at radius 3 is 2.50 bits per heavy atom.